The van der Waals surface area contributed by atoms with Crippen LogP contribution >= 0.6 is 0 Å². The predicted octanol–water partition coefficient (Wildman–Crippen LogP) is 3.72. The third kappa shape index (κ3) is 3.61. The van der Waals surface area contributed by atoms with Gasteiger partial charge in [0.1, 0.15) is 0 Å². The molecule has 33 heavy (non-hydrogen) atoms. The second-order valence-electron chi connectivity index (χ2n) is 8.05. The molecule has 0 aliphatic carbocycles. The number of hydrogen-bond donors (Lipinski definition) is 1. The van der Waals surface area contributed by atoms with Gasteiger partial charge >= 0.3 is 0 Å². The molecule has 2 aromatic heterocycles. The SMILES string of the molecule is CCCn1cc([C@@]2(c3cccc(-c4cccnc4F)c3)N=C(N)N(C)C2=O)cc1C(=O)CC. The first-order chi connectivity index (χ1) is 15.8. The van der Waals surface area contributed by atoms with Crippen molar-refractivity contribution in [3.05, 3.63) is 77.6 Å². The Labute approximate surface area is 191 Å². The molecule has 4 rings (SSSR count). The van der Waals surface area contributed by atoms with E-state index in [1.807, 2.05) is 11.5 Å². The summed E-state index contributed by atoms with van der Waals surface area (Å²) in [6.45, 7) is 4.45. The molecule has 0 radical (unpaired) electrons. The molecule has 7 nitrogen and oxygen atoms in total. The lowest BCUT2D eigenvalue weighted by atomic mass is 9.83. The molecule has 1 amide bonds. The summed E-state index contributed by atoms with van der Waals surface area (Å²) in [5, 5.41) is 0. The van der Waals surface area contributed by atoms with Crippen molar-refractivity contribution in [1.29, 1.82) is 0 Å². The van der Waals surface area contributed by atoms with Gasteiger partial charge in [-0.05, 0) is 41.8 Å². The number of rotatable bonds is 7. The number of aromatic nitrogens is 2. The van der Waals surface area contributed by atoms with E-state index in [9.17, 15) is 14.0 Å². The van der Waals surface area contributed by atoms with Crippen LogP contribution in [0.4, 0.5) is 4.39 Å². The summed E-state index contributed by atoms with van der Waals surface area (Å²) < 4.78 is 16.3. The highest BCUT2D eigenvalue weighted by Crippen LogP contribution is 2.41. The molecule has 1 atom stereocenters. The Hall–Kier alpha value is -3.81. The quantitative estimate of drug-likeness (QED) is 0.441. The molecule has 1 aromatic carbocycles. The minimum atomic E-state index is -1.48. The number of hydrogen-bond acceptors (Lipinski definition) is 5. The number of carbonyl (C=O) groups excluding carboxylic acids is 2. The van der Waals surface area contributed by atoms with E-state index in [-0.39, 0.29) is 17.6 Å². The fourth-order valence-electron chi connectivity index (χ4n) is 4.25. The highest BCUT2D eigenvalue weighted by molar-refractivity contribution is 6.09. The number of aryl methyl sites for hydroxylation is 1. The number of benzene rings is 1. The lowest BCUT2D eigenvalue weighted by molar-refractivity contribution is -0.129. The van der Waals surface area contributed by atoms with E-state index in [4.69, 9.17) is 5.73 Å². The van der Waals surface area contributed by atoms with E-state index in [0.717, 1.165) is 6.42 Å². The van der Waals surface area contributed by atoms with Crippen LogP contribution in [0.15, 0.2) is 59.9 Å². The van der Waals surface area contributed by atoms with Gasteiger partial charge in [0.15, 0.2) is 17.3 Å². The first kappa shape index (κ1) is 22.4. The van der Waals surface area contributed by atoms with Gasteiger partial charge < -0.3 is 10.3 Å². The smallest absolute Gasteiger partial charge is 0.266 e. The number of carbonyl (C=O) groups is 2. The van der Waals surface area contributed by atoms with E-state index >= 15 is 0 Å². The Kier molecular flexibility index (Phi) is 5.84. The van der Waals surface area contributed by atoms with E-state index in [1.165, 1.54) is 11.1 Å². The van der Waals surface area contributed by atoms with Crippen LogP contribution in [-0.2, 0) is 16.9 Å². The van der Waals surface area contributed by atoms with E-state index in [2.05, 4.69) is 9.98 Å². The topological polar surface area (TPSA) is 93.6 Å². The van der Waals surface area contributed by atoms with Crippen LogP contribution in [-0.4, -0.2) is 39.1 Å². The fourth-order valence-corrected chi connectivity index (χ4v) is 4.25. The normalized spacial score (nSPS) is 18.0. The van der Waals surface area contributed by atoms with Crippen molar-refractivity contribution >= 4 is 17.6 Å². The van der Waals surface area contributed by atoms with E-state index < -0.39 is 11.5 Å². The van der Waals surface area contributed by atoms with Gasteiger partial charge in [0.25, 0.3) is 5.91 Å². The molecular formula is C25H26FN5O2. The maximum absolute atomic E-state index is 14.4. The molecule has 0 bridgehead atoms. The zero-order chi connectivity index (χ0) is 23.8. The van der Waals surface area contributed by atoms with Crippen LogP contribution in [0, 0.1) is 5.95 Å². The summed E-state index contributed by atoms with van der Waals surface area (Å²) in [4.78, 5) is 35.9. The van der Waals surface area contributed by atoms with Crippen molar-refractivity contribution < 1.29 is 14.0 Å². The second-order valence-corrected chi connectivity index (χ2v) is 8.05. The van der Waals surface area contributed by atoms with Crippen LogP contribution in [0.1, 0.15) is 48.3 Å². The van der Waals surface area contributed by atoms with Crippen LogP contribution in [0.3, 0.4) is 0 Å². The number of amides is 1. The Morgan fingerprint density at radius 3 is 2.58 bits per heavy atom. The number of nitrogens with zero attached hydrogens (tertiary/aromatic N) is 4. The maximum atomic E-state index is 14.4. The zero-order valence-corrected chi connectivity index (χ0v) is 18.9. The Morgan fingerprint density at radius 1 is 1.15 bits per heavy atom. The van der Waals surface area contributed by atoms with Crippen molar-refractivity contribution in [2.24, 2.45) is 10.7 Å². The summed E-state index contributed by atoms with van der Waals surface area (Å²) in [5.74, 6) is -0.893. The largest absolute Gasteiger partial charge is 0.369 e. The second kappa shape index (κ2) is 8.61. The third-order valence-corrected chi connectivity index (χ3v) is 5.98. The molecule has 1 aliphatic rings. The lowest BCUT2D eigenvalue weighted by Crippen LogP contribution is -2.41. The van der Waals surface area contributed by atoms with Gasteiger partial charge in [-0.25, -0.2) is 9.98 Å². The molecule has 2 N–H and O–H groups in total. The minimum Gasteiger partial charge on any atom is -0.369 e. The molecule has 0 spiro atoms. The van der Waals surface area contributed by atoms with Gasteiger partial charge in [-0.3, -0.25) is 14.5 Å². The number of nitrogens with two attached hydrogens (primary N) is 1. The fraction of sp³-hybridized carbons (Fsp3) is 0.280. The van der Waals surface area contributed by atoms with Gasteiger partial charge in [0.2, 0.25) is 5.95 Å². The van der Waals surface area contributed by atoms with Gasteiger partial charge in [-0.1, -0.05) is 32.0 Å². The van der Waals surface area contributed by atoms with E-state index in [1.54, 1.807) is 62.6 Å². The molecule has 8 heteroatoms. The number of pyridine rings is 1. The van der Waals surface area contributed by atoms with Crippen molar-refractivity contribution in [2.45, 2.75) is 38.8 Å². The Morgan fingerprint density at radius 2 is 1.94 bits per heavy atom. The van der Waals surface area contributed by atoms with Crippen LogP contribution < -0.4 is 5.73 Å². The first-order valence-corrected chi connectivity index (χ1v) is 10.9. The average molecular weight is 448 g/mol. The lowest BCUT2D eigenvalue weighted by Gasteiger charge is -2.25. The summed E-state index contributed by atoms with van der Waals surface area (Å²) in [6, 6.07) is 12.0. The van der Waals surface area contributed by atoms with E-state index in [0.29, 0.717) is 40.9 Å². The first-order valence-electron chi connectivity index (χ1n) is 10.9. The molecule has 3 aromatic rings. The molecule has 0 saturated heterocycles. The minimum absolute atomic E-state index is 0.0215. The maximum Gasteiger partial charge on any atom is 0.266 e. The van der Waals surface area contributed by atoms with Gasteiger partial charge in [-0.15, -0.1) is 0 Å². The van der Waals surface area contributed by atoms with Crippen molar-refractivity contribution in [1.82, 2.24) is 14.5 Å². The number of Topliss-reactive ketones (excluding diaryl/α,β-unsaturated/α-hetero) is 1. The number of likely N-dealkylation sites (N-methyl/N-ethyl adjacent to an activating group) is 1. The van der Waals surface area contributed by atoms with Crippen molar-refractivity contribution in [2.75, 3.05) is 7.05 Å². The molecule has 0 saturated carbocycles. The molecule has 0 unspecified atom stereocenters. The van der Waals surface area contributed by atoms with Crippen molar-refractivity contribution in [3.63, 3.8) is 0 Å². The zero-order valence-electron chi connectivity index (χ0n) is 18.9. The van der Waals surface area contributed by atoms with Gasteiger partial charge in [0, 0.05) is 43.5 Å². The number of ketones is 1. The Bertz CT molecular complexity index is 1270. The van der Waals surface area contributed by atoms with Crippen molar-refractivity contribution in [3.8, 4) is 11.1 Å². The van der Waals surface area contributed by atoms with Gasteiger partial charge in [-0.2, -0.15) is 4.39 Å². The monoisotopic (exact) mass is 447 g/mol. The number of aliphatic imine (C=N–C) groups is 1. The number of guanidine groups is 1. The summed E-state index contributed by atoms with van der Waals surface area (Å²) >= 11 is 0. The molecule has 3 heterocycles. The highest BCUT2D eigenvalue weighted by Gasteiger charge is 2.50. The third-order valence-electron chi connectivity index (χ3n) is 5.98. The predicted molar refractivity (Wildman–Crippen MR) is 124 cm³/mol. The van der Waals surface area contributed by atoms with Crippen LogP contribution in [0.25, 0.3) is 11.1 Å². The highest BCUT2D eigenvalue weighted by atomic mass is 19.1. The number of halogens is 1. The standard InChI is InChI=1S/C25H26FN5O2/c1-4-12-31-15-18(14-20(31)21(32)5-2)25(23(33)30(3)24(27)29-25)17-9-6-8-16(13-17)19-10-7-11-28-22(19)26/h6-11,13-15H,4-5,12H2,1-3H3,(H2,27,29)/t25-/m1/s1. The molecule has 1 aliphatic heterocycles. The molecule has 170 valence electrons. The Balaban J connectivity index is 1.96. The average Bonchev–Trinajstić information content (AvgIpc) is 3.34. The molecular weight excluding hydrogens is 421 g/mol. The van der Waals surface area contributed by atoms with Gasteiger partial charge in [0.05, 0.1) is 5.69 Å². The van der Waals surface area contributed by atoms with Crippen LogP contribution in [0.5, 0.6) is 0 Å². The summed E-state index contributed by atoms with van der Waals surface area (Å²) in [7, 11) is 1.56. The van der Waals surface area contributed by atoms with Crippen LogP contribution in [0.2, 0.25) is 0 Å². The molecule has 0 fully saturated rings. The summed E-state index contributed by atoms with van der Waals surface area (Å²) in [6.07, 6.45) is 4.35. The summed E-state index contributed by atoms with van der Waals surface area (Å²) in [5.41, 5.74) is 7.10.